The van der Waals surface area contributed by atoms with E-state index in [9.17, 15) is 4.79 Å². The van der Waals surface area contributed by atoms with Crippen molar-refractivity contribution in [2.75, 3.05) is 13.1 Å². The van der Waals surface area contributed by atoms with E-state index in [1.165, 1.54) is 0 Å². The molecule has 1 N–H and O–H groups in total. The van der Waals surface area contributed by atoms with E-state index in [0.29, 0.717) is 12.5 Å². The molecule has 1 aromatic rings. The Labute approximate surface area is 150 Å². The summed E-state index contributed by atoms with van der Waals surface area (Å²) < 4.78 is 10.6. The van der Waals surface area contributed by atoms with Gasteiger partial charge in [-0.1, -0.05) is 18.5 Å². The van der Waals surface area contributed by atoms with Crippen molar-refractivity contribution in [2.45, 2.75) is 78.5 Å². The number of rotatable bonds is 7. The van der Waals surface area contributed by atoms with E-state index in [0.717, 1.165) is 50.5 Å². The molecule has 7 heteroatoms. The van der Waals surface area contributed by atoms with Crippen LogP contribution in [0.3, 0.4) is 0 Å². The normalized spacial score (nSPS) is 19.8. The molecule has 0 aliphatic carbocycles. The van der Waals surface area contributed by atoms with Gasteiger partial charge in [0.15, 0.2) is 5.82 Å². The van der Waals surface area contributed by atoms with Gasteiger partial charge in [-0.2, -0.15) is 4.98 Å². The number of carbonyl (C=O) groups excluding carboxylic acids is 1. The van der Waals surface area contributed by atoms with Crippen LogP contribution in [0.5, 0.6) is 0 Å². The first-order valence-electron chi connectivity index (χ1n) is 9.30. The van der Waals surface area contributed by atoms with Crippen LogP contribution in [0.4, 0.5) is 4.79 Å². The number of hydrogen-bond donors (Lipinski definition) is 1. The van der Waals surface area contributed by atoms with E-state index in [1.807, 2.05) is 27.7 Å². The molecule has 0 saturated carbocycles. The summed E-state index contributed by atoms with van der Waals surface area (Å²) in [5.74, 6) is 1.88. The Bertz CT molecular complexity index is 553. The van der Waals surface area contributed by atoms with Gasteiger partial charge in [-0.05, 0) is 53.0 Å². The van der Waals surface area contributed by atoms with Gasteiger partial charge in [-0.3, -0.25) is 4.90 Å². The summed E-state index contributed by atoms with van der Waals surface area (Å²) >= 11 is 0. The summed E-state index contributed by atoms with van der Waals surface area (Å²) in [5, 5.41) is 7.03. The Hall–Kier alpha value is -1.63. The minimum atomic E-state index is -0.473. The molecule has 0 bridgehead atoms. The summed E-state index contributed by atoms with van der Waals surface area (Å²) in [6, 6.07) is 0.0743. The first-order chi connectivity index (χ1) is 11.8. The lowest BCUT2D eigenvalue weighted by atomic mass is 10.0. The zero-order valence-corrected chi connectivity index (χ0v) is 16.2. The highest BCUT2D eigenvalue weighted by molar-refractivity contribution is 5.68. The van der Waals surface area contributed by atoms with Crippen molar-refractivity contribution in [1.82, 2.24) is 20.4 Å². The van der Waals surface area contributed by atoms with Gasteiger partial charge in [0.05, 0.1) is 6.54 Å². The quantitative estimate of drug-likeness (QED) is 0.812. The van der Waals surface area contributed by atoms with Crippen molar-refractivity contribution in [3.05, 3.63) is 11.7 Å². The minimum Gasteiger partial charge on any atom is -0.444 e. The third kappa shape index (κ3) is 6.65. The molecule has 1 saturated heterocycles. The van der Waals surface area contributed by atoms with Crippen molar-refractivity contribution < 1.29 is 14.1 Å². The van der Waals surface area contributed by atoms with Gasteiger partial charge < -0.3 is 14.6 Å². The highest BCUT2D eigenvalue weighted by Crippen LogP contribution is 2.21. The molecule has 2 rings (SSSR count). The van der Waals surface area contributed by atoms with Crippen LogP contribution in [-0.4, -0.2) is 45.9 Å². The van der Waals surface area contributed by atoms with Crippen LogP contribution in [0.1, 0.15) is 65.6 Å². The molecule has 0 aromatic carbocycles. The average Bonchev–Trinajstić information content (AvgIpc) is 3.13. The molecule has 2 atom stereocenters. The molecule has 1 aromatic heterocycles. The number of carbonyl (C=O) groups is 1. The predicted octanol–water partition coefficient (Wildman–Crippen LogP) is 3.15. The van der Waals surface area contributed by atoms with Crippen LogP contribution < -0.4 is 5.32 Å². The van der Waals surface area contributed by atoms with E-state index in [-0.39, 0.29) is 12.1 Å². The number of likely N-dealkylation sites (tertiary alicyclic amines) is 1. The number of amides is 1. The van der Waals surface area contributed by atoms with Gasteiger partial charge in [0.25, 0.3) is 0 Å². The topological polar surface area (TPSA) is 80.5 Å². The zero-order chi connectivity index (χ0) is 18.4. The smallest absolute Gasteiger partial charge is 0.407 e. The number of hydrogen-bond acceptors (Lipinski definition) is 6. The molecule has 1 aliphatic rings. The standard InChI is InChI=1S/C18H32N4O3/c1-6-7-8-16-20-15(21-25-16)12-22-10-9-14(11-22)13(2)19-17(23)24-18(3,4)5/h13-14H,6-12H2,1-5H3,(H,19,23)/t13-,14-/m0/s1. The fourth-order valence-electron chi connectivity index (χ4n) is 3.01. The first kappa shape index (κ1) is 19.7. The first-order valence-corrected chi connectivity index (χ1v) is 9.30. The van der Waals surface area contributed by atoms with Gasteiger partial charge in [0.1, 0.15) is 5.60 Å². The third-order valence-electron chi connectivity index (χ3n) is 4.38. The summed E-state index contributed by atoms with van der Waals surface area (Å²) in [5.41, 5.74) is -0.473. The highest BCUT2D eigenvalue weighted by Gasteiger charge is 2.29. The molecule has 2 heterocycles. The number of alkyl carbamates (subject to hydrolysis) is 1. The number of unbranched alkanes of at least 4 members (excludes halogenated alkanes) is 1. The third-order valence-corrected chi connectivity index (χ3v) is 4.38. The molecular weight excluding hydrogens is 320 g/mol. The largest absolute Gasteiger partial charge is 0.444 e. The molecule has 1 aliphatic heterocycles. The minimum absolute atomic E-state index is 0.0743. The molecule has 7 nitrogen and oxygen atoms in total. The van der Waals surface area contributed by atoms with Gasteiger partial charge in [-0.25, -0.2) is 4.79 Å². The zero-order valence-electron chi connectivity index (χ0n) is 16.2. The van der Waals surface area contributed by atoms with Gasteiger partial charge in [0.2, 0.25) is 5.89 Å². The van der Waals surface area contributed by atoms with Crippen molar-refractivity contribution >= 4 is 6.09 Å². The van der Waals surface area contributed by atoms with E-state index >= 15 is 0 Å². The molecule has 142 valence electrons. The molecule has 0 radical (unpaired) electrons. The number of nitrogens with zero attached hydrogens (tertiary/aromatic N) is 3. The van der Waals surface area contributed by atoms with Crippen molar-refractivity contribution in [3.8, 4) is 0 Å². The number of aromatic nitrogens is 2. The Morgan fingerprint density at radius 2 is 2.24 bits per heavy atom. The lowest BCUT2D eigenvalue weighted by molar-refractivity contribution is 0.0492. The Morgan fingerprint density at radius 1 is 1.48 bits per heavy atom. The Balaban J connectivity index is 1.76. The Kier molecular flexibility index (Phi) is 6.81. The highest BCUT2D eigenvalue weighted by atomic mass is 16.6. The van der Waals surface area contributed by atoms with Crippen LogP contribution in [0.15, 0.2) is 4.52 Å². The second-order valence-electron chi connectivity index (χ2n) is 7.93. The summed E-state index contributed by atoms with van der Waals surface area (Å²) in [6.07, 6.45) is 3.73. The predicted molar refractivity (Wildman–Crippen MR) is 95.1 cm³/mol. The number of ether oxygens (including phenoxy) is 1. The molecular formula is C18H32N4O3. The second-order valence-corrected chi connectivity index (χ2v) is 7.93. The molecule has 1 fully saturated rings. The lowest BCUT2D eigenvalue weighted by Gasteiger charge is -2.24. The number of nitrogens with one attached hydrogen (secondary N) is 1. The Morgan fingerprint density at radius 3 is 2.92 bits per heavy atom. The maximum Gasteiger partial charge on any atom is 0.407 e. The van der Waals surface area contributed by atoms with Crippen LogP contribution in [0, 0.1) is 5.92 Å². The lowest BCUT2D eigenvalue weighted by Crippen LogP contribution is -2.42. The van der Waals surface area contributed by atoms with Crippen molar-refractivity contribution in [3.63, 3.8) is 0 Å². The van der Waals surface area contributed by atoms with E-state index < -0.39 is 5.60 Å². The van der Waals surface area contributed by atoms with Crippen molar-refractivity contribution in [2.24, 2.45) is 5.92 Å². The summed E-state index contributed by atoms with van der Waals surface area (Å²) in [6.45, 7) is 12.4. The molecule has 0 spiro atoms. The van der Waals surface area contributed by atoms with E-state index in [4.69, 9.17) is 9.26 Å². The van der Waals surface area contributed by atoms with E-state index in [2.05, 4.69) is 27.3 Å². The van der Waals surface area contributed by atoms with Crippen molar-refractivity contribution in [1.29, 1.82) is 0 Å². The van der Waals surface area contributed by atoms with Crippen LogP contribution in [0.2, 0.25) is 0 Å². The average molecular weight is 352 g/mol. The molecule has 0 unspecified atom stereocenters. The monoisotopic (exact) mass is 352 g/mol. The maximum atomic E-state index is 11.9. The van der Waals surface area contributed by atoms with Crippen LogP contribution >= 0.6 is 0 Å². The summed E-state index contributed by atoms with van der Waals surface area (Å²) in [7, 11) is 0. The van der Waals surface area contributed by atoms with Crippen LogP contribution in [-0.2, 0) is 17.7 Å². The van der Waals surface area contributed by atoms with Crippen LogP contribution in [0.25, 0.3) is 0 Å². The van der Waals surface area contributed by atoms with Gasteiger partial charge in [0, 0.05) is 19.0 Å². The van der Waals surface area contributed by atoms with E-state index in [1.54, 1.807) is 0 Å². The molecule has 25 heavy (non-hydrogen) atoms. The number of aryl methyl sites for hydroxylation is 1. The molecule has 1 amide bonds. The fourth-order valence-corrected chi connectivity index (χ4v) is 3.01. The second kappa shape index (κ2) is 8.65. The fraction of sp³-hybridized carbons (Fsp3) is 0.833. The van der Waals surface area contributed by atoms with Gasteiger partial charge >= 0.3 is 6.09 Å². The van der Waals surface area contributed by atoms with Gasteiger partial charge in [-0.15, -0.1) is 0 Å². The SMILES string of the molecule is CCCCc1nc(CN2CC[C@H]([C@H](C)NC(=O)OC(C)(C)C)C2)no1. The maximum absolute atomic E-state index is 11.9. The summed E-state index contributed by atoms with van der Waals surface area (Å²) in [4.78, 5) is 18.7.